The molecule has 0 spiro atoms. The lowest BCUT2D eigenvalue weighted by molar-refractivity contribution is -0.385. The van der Waals surface area contributed by atoms with Crippen LogP contribution < -0.4 is 4.74 Å². The van der Waals surface area contributed by atoms with Crippen LogP contribution in [0, 0.1) is 10.1 Å². The van der Waals surface area contributed by atoms with E-state index in [9.17, 15) is 15.2 Å². The molecule has 0 heterocycles. The number of nitro groups is 1. The van der Waals surface area contributed by atoms with E-state index in [0.717, 1.165) is 0 Å². The Labute approximate surface area is 120 Å². The predicted octanol–water partition coefficient (Wildman–Crippen LogP) is 4.09. The second-order valence-corrected chi connectivity index (χ2v) is 4.66. The number of aliphatic hydroxyl groups is 1. The van der Waals surface area contributed by atoms with Crippen molar-refractivity contribution in [3.8, 4) is 11.5 Å². The van der Waals surface area contributed by atoms with Crippen LogP contribution in [0.25, 0.3) is 0 Å². The van der Waals surface area contributed by atoms with Gasteiger partial charge in [0.1, 0.15) is 5.75 Å². The number of nitrogens with zero attached hydrogens (tertiary/aromatic N) is 1. The molecule has 1 unspecified atom stereocenters. The Balaban J connectivity index is 2.38. The van der Waals surface area contributed by atoms with Crippen LogP contribution in [0.4, 0.5) is 5.69 Å². The SMILES string of the molecule is CC(O)c1ccc(Oc2cccc(Cl)c2)c([N+](=O)[O-])c1. The van der Waals surface area contributed by atoms with Crippen molar-refractivity contribution < 1.29 is 14.8 Å². The highest BCUT2D eigenvalue weighted by Crippen LogP contribution is 2.34. The molecular weight excluding hydrogens is 282 g/mol. The fourth-order valence-electron chi connectivity index (χ4n) is 1.68. The van der Waals surface area contributed by atoms with Gasteiger partial charge in [0.05, 0.1) is 11.0 Å². The van der Waals surface area contributed by atoms with E-state index in [4.69, 9.17) is 16.3 Å². The number of hydrogen-bond donors (Lipinski definition) is 1. The molecule has 20 heavy (non-hydrogen) atoms. The van der Waals surface area contributed by atoms with E-state index < -0.39 is 11.0 Å². The molecule has 0 aromatic heterocycles. The molecule has 0 amide bonds. The molecule has 1 atom stereocenters. The molecule has 5 nitrogen and oxygen atoms in total. The first kappa shape index (κ1) is 14.3. The summed E-state index contributed by atoms with van der Waals surface area (Å²) in [7, 11) is 0. The van der Waals surface area contributed by atoms with Crippen molar-refractivity contribution in [3.05, 3.63) is 63.2 Å². The molecule has 0 aliphatic rings. The zero-order valence-corrected chi connectivity index (χ0v) is 11.4. The zero-order chi connectivity index (χ0) is 14.7. The third-order valence-corrected chi connectivity index (χ3v) is 2.92. The van der Waals surface area contributed by atoms with Crippen molar-refractivity contribution in [1.82, 2.24) is 0 Å². The third-order valence-electron chi connectivity index (χ3n) is 2.69. The first-order valence-electron chi connectivity index (χ1n) is 5.87. The number of benzene rings is 2. The summed E-state index contributed by atoms with van der Waals surface area (Å²) in [6.07, 6.45) is -0.783. The monoisotopic (exact) mass is 293 g/mol. The zero-order valence-electron chi connectivity index (χ0n) is 10.6. The second kappa shape index (κ2) is 5.90. The van der Waals surface area contributed by atoms with Crippen molar-refractivity contribution in [3.63, 3.8) is 0 Å². The first-order valence-corrected chi connectivity index (χ1v) is 6.25. The fourth-order valence-corrected chi connectivity index (χ4v) is 1.86. The molecule has 6 heteroatoms. The molecule has 2 rings (SSSR count). The molecule has 1 N–H and O–H groups in total. The second-order valence-electron chi connectivity index (χ2n) is 4.22. The minimum absolute atomic E-state index is 0.0988. The summed E-state index contributed by atoms with van der Waals surface area (Å²) in [4.78, 5) is 10.5. The van der Waals surface area contributed by atoms with Crippen LogP contribution >= 0.6 is 11.6 Å². The van der Waals surface area contributed by atoms with Crippen molar-refractivity contribution in [2.45, 2.75) is 13.0 Å². The van der Waals surface area contributed by atoms with Gasteiger partial charge in [-0.25, -0.2) is 0 Å². The maximum atomic E-state index is 11.1. The first-order chi connectivity index (χ1) is 9.47. The van der Waals surface area contributed by atoms with E-state index >= 15 is 0 Å². The highest BCUT2D eigenvalue weighted by atomic mass is 35.5. The summed E-state index contributed by atoms with van der Waals surface area (Å²) in [5, 5.41) is 21.0. The van der Waals surface area contributed by atoms with E-state index in [2.05, 4.69) is 0 Å². The Morgan fingerprint density at radius 2 is 2.05 bits per heavy atom. The van der Waals surface area contributed by atoms with Gasteiger partial charge in [0, 0.05) is 11.1 Å². The topological polar surface area (TPSA) is 72.6 Å². The van der Waals surface area contributed by atoms with Crippen molar-refractivity contribution in [1.29, 1.82) is 0 Å². The van der Waals surface area contributed by atoms with Crippen LogP contribution in [0.2, 0.25) is 5.02 Å². The van der Waals surface area contributed by atoms with Gasteiger partial charge in [0.15, 0.2) is 0 Å². The van der Waals surface area contributed by atoms with Crippen molar-refractivity contribution >= 4 is 17.3 Å². The van der Waals surface area contributed by atoms with Crippen LogP contribution in [-0.4, -0.2) is 10.0 Å². The molecule has 0 fully saturated rings. The average Bonchev–Trinajstić information content (AvgIpc) is 2.38. The van der Waals surface area contributed by atoms with E-state index in [1.54, 1.807) is 30.3 Å². The Bertz CT molecular complexity index is 643. The van der Waals surface area contributed by atoms with Crippen LogP contribution in [0.15, 0.2) is 42.5 Å². The van der Waals surface area contributed by atoms with Gasteiger partial charge in [-0.2, -0.15) is 0 Å². The normalized spacial score (nSPS) is 11.9. The lowest BCUT2D eigenvalue weighted by Crippen LogP contribution is -1.97. The lowest BCUT2D eigenvalue weighted by atomic mass is 10.1. The summed E-state index contributed by atoms with van der Waals surface area (Å²) in [6.45, 7) is 1.54. The molecule has 2 aromatic carbocycles. The van der Waals surface area contributed by atoms with E-state index in [-0.39, 0.29) is 11.4 Å². The number of aliphatic hydroxyl groups excluding tert-OH is 1. The minimum atomic E-state index is -0.783. The Morgan fingerprint density at radius 3 is 2.65 bits per heavy atom. The molecule has 0 aliphatic carbocycles. The van der Waals surface area contributed by atoms with Gasteiger partial charge < -0.3 is 9.84 Å². The van der Waals surface area contributed by atoms with Crippen LogP contribution in [0.3, 0.4) is 0 Å². The Hall–Kier alpha value is -2.11. The number of nitro benzene ring substituents is 1. The number of halogens is 1. The average molecular weight is 294 g/mol. The van der Waals surface area contributed by atoms with Gasteiger partial charge >= 0.3 is 5.69 Å². The molecule has 0 bridgehead atoms. The summed E-state index contributed by atoms with van der Waals surface area (Å²) >= 11 is 5.83. The van der Waals surface area contributed by atoms with Gasteiger partial charge in [-0.1, -0.05) is 23.7 Å². The number of hydrogen-bond acceptors (Lipinski definition) is 4. The van der Waals surface area contributed by atoms with Gasteiger partial charge in [-0.15, -0.1) is 0 Å². The Morgan fingerprint density at radius 1 is 1.30 bits per heavy atom. The van der Waals surface area contributed by atoms with Gasteiger partial charge in [-0.05, 0) is 36.8 Å². The van der Waals surface area contributed by atoms with Crippen molar-refractivity contribution in [2.24, 2.45) is 0 Å². The minimum Gasteiger partial charge on any atom is -0.450 e. The maximum absolute atomic E-state index is 11.1. The Kier molecular flexibility index (Phi) is 4.22. The van der Waals surface area contributed by atoms with E-state index in [0.29, 0.717) is 16.3 Å². The fraction of sp³-hybridized carbons (Fsp3) is 0.143. The number of rotatable bonds is 4. The lowest BCUT2D eigenvalue weighted by Gasteiger charge is -2.09. The predicted molar refractivity (Wildman–Crippen MR) is 75.3 cm³/mol. The molecule has 0 saturated carbocycles. The van der Waals surface area contributed by atoms with Crippen LogP contribution in [0.5, 0.6) is 11.5 Å². The van der Waals surface area contributed by atoms with Gasteiger partial charge in [0.2, 0.25) is 5.75 Å². The van der Waals surface area contributed by atoms with Gasteiger partial charge in [0.25, 0.3) is 0 Å². The van der Waals surface area contributed by atoms with Crippen LogP contribution in [-0.2, 0) is 0 Å². The molecule has 0 aliphatic heterocycles. The summed E-state index contributed by atoms with van der Waals surface area (Å²) in [6, 6.07) is 10.9. The smallest absolute Gasteiger partial charge is 0.311 e. The standard InChI is InChI=1S/C14H12ClNO4/c1-9(17)10-5-6-14(13(7-10)16(18)19)20-12-4-2-3-11(15)8-12/h2-9,17H,1H3. The summed E-state index contributed by atoms with van der Waals surface area (Å²) in [5.41, 5.74) is 0.249. The molecular formula is C14H12ClNO4. The van der Waals surface area contributed by atoms with E-state index in [1.807, 2.05) is 0 Å². The molecule has 0 radical (unpaired) electrons. The quantitative estimate of drug-likeness (QED) is 0.680. The maximum Gasteiger partial charge on any atom is 0.311 e. The van der Waals surface area contributed by atoms with E-state index in [1.165, 1.54) is 19.1 Å². The molecule has 2 aromatic rings. The van der Waals surface area contributed by atoms with Gasteiger partial charge in [-0.3, -0.25) is 10.1 Å². The third kappa shape index (κ3) is 3.26. The number of ether oxygens (including phenoxy) is 1. The highest BCUT2D eigenvalue weighted by molar-refractivity contribution is 6.30. The molecule has 0 saturated heterocycles. The van der Waals surface area contributed by atoms with Crippen LogP contribution in [0.1, 0.15) is 18.6 Å². The highest BCUT2D eigenvalue weighted by Gasteiger charge is 2.18. The summed E-state index contributed by atoms with van der Waals surface area (Å²) < 4.78 is 5.48. The molecule has 104 valence electrons. The van der Waals surface area contributed by atoms with Crippen molar-refractivity contribution in [2.75, 3.05) is 0 Å². The summed E-state index contributed by atoms with van der Waals surface area (Å²) in [5.74, 6) is 0.507. The largest absolute Gasteiger partial charge is 0.450 e.